The van der Waals surface area contributed by atoms with E-state index in [1.54, 1.807) is 6.20 Å². The van der Waals surface area contributed by atoms with Crippen LogP contribution >= 0.6 is 11.3 Å². The van der Waals surface area contributed by atoms with Crippen LogP contribution in [-0.2, 0) is 12.0 Å². The van der Waals surface area contributed by atoms with Gasteiger partial charge in [-0.1, -0.05) is 20.8 Å². The first-order valence-electron chi connectivity index (χ1n) is 8.23. The summed E-state index contributed by atoms with van der Waals surface area (Å²) >= 11 is 1.82. The third-order valence-corrected chi connectivity index (χ3v) is 5.49. The normalized spacial score (nSPS) is 19.1. The van der Waals surface area contributed by atoms with Gasteiger partial charge < -0.3 is 10.2 Å². The van der Waals surface area contributed by atoms with Gasteiger partial charge in [0.15, 0.2) is 5.82 Å². The number of nitrogens with one attached hydrogen (secondary N) is 1. The van der Waals surface area contributed by atoms with Crippen molar-refractivity contribution in [2.45, 2.75) is 51.6 Å². The Kier molecular flexibility index (Phi) is 4.92. The molecule has 23 heavy (non-hydrogen) atoms. The molecule has 6 heteroatoms. The zero-order valence-corrected chi connectivity index (χ0v) is 14.9. The zero-order chi connectivity index (χ0) is 16.3. The monoisotopic (exact) mass is 331 g/mol. The Labute approximate surface area is 142 Å². The smallest absolute Gasteiger partial charge is 0.151 e. The van der Waals surface area contributed by atoms with Gasteiger partial charge in [-0.05, 0) is 25.0 Å². The summed E-state index contributed by atoms with van der Waals surface area (Å²) < 4.78 is 0. The Morgan fingerprint density at radius 1 is 1.39 bits per heavy atom. The third kappa shape index (κ3) is 4.26. The number of nitrogens with zero attached hydrogens (tertiary/aromatic N) is 4. The van der Waals surface area contributed by atoms with Crippen LogP contribution in [0, 0.1) is 0 Å². The number of piperidine rings is 1. The maximum Gasteiger partial charge on any atom is 0.151 e. The highest BCUT2D eigenvalue weighted by Gasteiger charge is 2.22. The number of hydrogen-bond donors (Lipinski definition) is 1. The minimum Gasteiger partial charge on any atom is -0.354 e. The molecule has 0 aliphatic carbocycles. The Morgan fingerprint density at radius 3 is 2.96 bits per heavy atom. The maximum atomic E-state index is 4.56. The summed E-state index contributed by atoms with van der Waals surface area (Å²) in [5, 5.41) is 13.1. The number of anilines is 1. The van der Waals surface area contributed by atoms with E-state index in [1.165, 1.54) is 22.7 Å². The number of rotatable bonds is 4. The van der Waals surface area contributed by atoms with Crippen molar-refractivity contribution in [3.05, 3.63) is 34.4 Å². The number of hydrogen-bond acceptors (Lipinski definition) is 6. The second-order valence-electron chi connectivity index (χ2n) is 7.13. The summed E-state index contributed by atoms with van der Waals surface area (Å²) in [6.45, 7) is 9.58. The summed E-state index contributed by atoms with van der Waals surface area (Å²) in [4.78, 5) is 8.20. The lowest BCUT2D eigenvalue weighted by atomic mass is 9.98. The molecule has 0 spiro atoms. The third-order valence-electron chi connectivity index (χ3n) is 4.06. The summed E-state index contributed by atoms with van der Waals surface area (Å²) in [6, 6.07) is 4.48. The van der Waals surface area contributed by atoms with Gasteiger partial charge in [0.25, 0.3) is 0 Å². The van der Waals surface area contributed by atoms with Crippen molar-refractivity contribution < 1.29 is 0 Å². The summed E-state index contributed by atoms with van der Waals surface area (Å²) in [7, 11) is 0. The Bertz CT molecular complexity index is 619. The van der Waals surface area contributed by atoms with Crippen molar-refractivity contribution >= 4 is 17.2 Å². The predicted octanol–water partition coefficient (Wildman–Crippen LogP) is 2.99. The van der Waals surface area contributed by atoms with E-state index in [0.29, 0.717) is 6.04 Å². The first-order chi connectivity index (χ1) is 11.0. The van der Waals surface area contributed by atoms with E-state index in [9.17, 15) is 0 Å². The fourth-order valence-electron chi connectivity index (χ4n) is 2.79. The van der Waals surface area contributed by atoms with Crippen LogP contribution in [0.25, 0.3) is 0 Å². The van der Waals surface area contributed by atoms with Crippen LogP contribution in [0.3, 0.4) is 0 Å². The van der Waals surface area contributed by atoms with Crippen molar-refractivity contribution in [1.29, 1.82) is 0 Å². The fraction of sp³-hybridized carbons (Fsp3) is 0.588. The van der Waals surface area contributed by atoms with Gasteiger partial charge in [0.05, 0.1) is 5.01 Å². The topological polar surface area (TPSA) is 53.9 Å². The SMILES string of the molecule is CC(C)(C)c1ncc(CNC2CCCN(c3cccnn3)C2)s1. The first-order valence-corrected chi connectivity index (χ1v) is 9.05. The first kappa shape index (κ1) is 16.3. The van der Waals surface area contributed by atoms with E-state index in [2.05, 4.69) is 46.2 Å². The average molecular weight is 331 g/mol. The molecule has 1 aliphatic rings. The van der Waals surface area contributed by atoms with Crippen LogP contribution in [0.1, 0.15) is 43.5 Å². The van der Waals surface area contributed by atoms with Gasteiger partial charge in [-0.25, -0.2) is 4.98 Å². The molecule has 1 fully saturated rings. The van der Waals surface area contributed by atoms with Crippen LogP contribution in [0.5, 0.6) is 0 Å². The van der Waals surface area contributed by atoms with E-state index in [-0.39, 0.29) is 5.41 Å². The summed E-state index contributed by atoms with van der Waals surface area (Å²) in [5.41, 5.74) is 0.135. The standard InChI is InChI=1S/C17H25N5S/c1-17(2,3)16-19-11-14(23-16)10-18-13-6-5-9-22(12-13)15-7-4-8-20-21-15/h4,7-8,11,13,18H,5-6,9-10,12H2,1-3H3. The van der Waals surface area contributed by atoms with Gasteiger partial charge in [-0.3, -0.25) is 0 Å². The molecule has 0 bridgehead atoms. The molecule has 1 atom stereocenters. The highest BCUT2D eigenvalue weighted by Crippen LogP contribution is 2.27. The van der Waals surface area contributed by atoms with Crippen LogP contribution in [0.15, 0.2) is 24.5 Å². The Balaban J connectivity index is 1.55. The molecular weight excluding hydrogens is 306 g/mol. The van der Waals surface area contributed by atoms with E-state index in [0.717, 1.165) is 25.5 Å². The lowest BCUT2D eigenvalue weighted by Crippen LogP contribution is -2.45. The molecule has 2 aromatic rings. The predicted molar refractivity (Wildman–Crippen MR) is 94.9 cm³/mol. The van der Waals surface area contributed by atoms with Crippen molar-refractivity contribution in [2.75, 3.05) is 18.0 Å². The average Bonchev–Trinajstić information content (AvgIpc) is 3.03. The molecule has 2 aromatic heterocycles. The highest BCUT2D eigenvalue weighted by atomic mass is 32.1. The van der Waals surface area contributed by atoms with Crippen LogP contribution < -0.4 is 10.2 Å². The minimum atomic E-state index is 0.135. The summed E-state index contributed by atoms with van der Waals surface area (Å²) in [6.07, 6.45) is 6.13. The zero-order valence-electron chi connectivity index (χ0n) is 14.1. The highest BCUT2D eigenvalue weighted by molar-refractivity contribution is 7.11. The lowest BCUT2D eigenvalue weighted by molar-refractivity contribution is 0.420. The molecule has 0 aromatic carbocycles. The molecule has 0 amide bonds. The van der Waals surface area contributed by atoms with Gasteiger partial charge in [0.1, 0.15) is 0 Å². The Hall–Kier alpha value is -1.53. The molecule has 0 radical (unpaired) electrons. The molecule has 3 rings (SSSR count). The van der Waals surface area contributed by atoms with Crippen LogP contribution in [0.2, 0.25) is 0 Å². The quantitative estimate of drug-likeness (QED) is 0.933. The van der Waals surface area contributed by atoms with E-state index < -0.39 is 0 Å². The molecule has 5 nitrogen and oxygen atoms in total. The van der Waals surface area contributed by atoms with Gasteiger partial charge in [-0.2, -0.15) is 5.10 Å². The molecule has 1 aliphatic heterocycles. The van der Waals surface area contributed by atoms with Crippen molar-refractivity contribution in [3.8, 4) is 0 Å². The largest absolute Gasteiger partial charge is 0.354 e. The van der Waals surface area contributed by atoms with Crippen LogP contribution in [0.4, 0.5) is 5.82 Å². The number of aromatic nitrogens is 3. The van der Waals surface area contributed by atoms with Gasteiger partial charge >= 0.3 is 0 Å². The minimum absolute atomic E-state index is 0.135. The van der Waals surface area contributed by atoms with Gasteiger partial charge in [-0.15, -0.1) is 16.4 Å². The molecule has 0 saturated carbocycles. The lowest BCUT2D eigenvalue weighted by Gasteiger charge is -2.33. The second-order valence-corrected chi connectivity index (χ2v) is 8.24. The second kappa shape index (κ2) is 6.93. The molecule has 124 valence electrons. The molecule has 1 saturated heterocycles. The van der Waals surface area contributed by atoms with Crippen LogP contribution in [-0.4, -0.2) is 34.3 Å². The number of thiazole rings is 1. The maximum absolute atomic E-state index is 4.56. The Morgan fingerprint density at radius 2 is 2.26 bits per heavy atom. The molecular formula is C17H25N5S. The fourth-order valence-corrected chi connectivity index (χ4v) is 3.72. The van der Waals surface area contributed by atoms with Crippen molar-refractivity contribution in [3.63, 3.8) is 0 Å². The van der Waals surface area contributed by atoms with E-state index in [4.69, 9.17) is 0 Å². The molecule has 1 N–H and O–H groups in total. The molecule has 1 unspecified atom stereocenters. The molecule has 3 heterocycles. The van der Waals surface area contributed by atoms with Gasteiger partial charge in [0.2, 0.25) is 0 Å². The van der Waals surface area contributed by atoms with E-state index in [1.807, 2.05) is 29.7 Å². The van der Waals surface area contributed by atoms with Crippen molar-refractivity contribution in [2.24, 2.45) is 0 Å². The summed E-state index contributed by atoms with van der Waals surface area (Å²) in [5.74, 6) is 0.979. The van der Waals surface area contributed by atoms with Crippen molar-refractivity contribution in [1.82, 2.24) is 20.5 Å². The van der Waals surface area contributed by atoms with Gasteiger partial charge in [0, 0.05) is 48.4 Å². The van der Waals surface area contributed by atoms with E-state index >= 15 is 0 Å².